The fourth-order valence-corrected chi connectivity index (χ4v) is 10.6. The maximum absolute atomic E-state index is 14.2. The van der Waals surface area contributed by atoms with Gasteiger partial charge in [0.15, 0.2) is 5.78 Å². The van der Waals surface area contributed by atoms with Crippen LogP contribution in [0.15, 0.2) is 47.6 Å². The first-order valence-corrected chi connectivity index (χ1v) is 28.4. The van der Waals surface area contributed by atoms with Crippen molar-refractivity contribution in [3.05, 3.63) is 47.6 Å². The molecule has 0 aromatic rings. The minimum atomic E-state index is -3.75. The topological polar surface area (TPSA) is 249 Å². The molecule has 1 saturated carbocycles. The van der Waals surface area contributed by atoms with Crippen molar-refractivity contribution >= 4 is 39.2 Å². The number of ether oxygens (including phenoxy) is 8. The van der Waals surface area contributed by atoms with E-state index < -0.39 is 93.6 Å². The van der Waals surface area contributed by atoms with Crippen LogP contribution in [-0.4, -0.2) is 182 Å². The SMILES string of the molecule is COCCOCCOCCO[C@@H]1CC[C@@H](C[C@@H](C)C2CC(=O)C(C)/C=C(/C)C(O)C(OC)C(=O)C(C)CC\C=C/C=C\C=C(\C)C(NS(C)(=O)=O)C[C@H]3CC[C@H](C)[C@](O)(O3)C(=O)C(=O)N(C)C(C)C(=O)O2)C[C@H]1OC. The number of rotatable bonds is 17. The number of fused-ring (bicyclic) bond motifs is 2. The zero-order valence-electron chi connectivity index (χ0n) is 46.7. The van der Waals surface area contributed by atoms with E-state index in [1.807, 2.05) is 13.0 Å². The van der Waals surface area contributed by atoms with E-state index in [9.17, 15) is 42.6 Å². The van der Waals surface area contributed by atoms with Gasteiger partial charge in [-0.15, -0.1) is 0 Å². The third-order valence-corrected chi connectivity index (χ3v) is 15.6. The van der Waals surface area contributed by atoms with Crippen LogP contribution in [0.4, 0.5) is 0 Å². The number of allylic oxidation sites excluding steroid dienone is 6. The van der Waals surface area contributed by atoms with E-state index in [-0.39, 0.29) is 49.0 Å². The lowest BCUT2D eigenvalue weighted by atomic mass is 9.78. The Morgan fingerprint density at radius 2 is 1.51 bits per heavy atom. The Morgan fingerprint density at radius 1 is 0.840 bits per heavy atom. The molecule has 7 unspecified atom stereocenters. The van der Waals surface area contributed by atoms with E-state index in [1.54, 1.807) is 79.2 Å². The van der Waals surface area contributed by atoms with Gasteiger partial charge in [-0.25, -0.2) is 17.9 Å². The number of esters is 1. The molecule has 428 valence electrons. The Balaban J connectivity index is 1.94. The molecule has 2 bridgehead atoms. The Bertz CT molecular complexity index is 2080. The monoisotopic (exact) mass is 1080 g/mol. The maximum Gasteiger partial charge on any atom is 0.328 e. The average molecular weight is 1080 g/mol. The van der Waals surface area contributed by atoms with Crippen molar-refractivity contribution in [2.75, 3.05) is 74.3 Å². The summed E-state index contributed by atoms with van der Waals surface area (Å²) in [4.78, 5) is 71.0. The number of aliphatic hydroxyl groups is 2. The highest BCUT2D eigenvalue weighted by molar-refractivity contribution is 7.88. The largest absolute Gasteiger partial charge is 0.460 e. The standard InChI is InChI=1S/C55H90N2O17S/c1-35-18-16-14-13-15-17-19-36(2)49(59)51(69-11)50(60)39(5)30-37(3)45(58)34-47(38(4)31-42-21-23-46(48(32-42)68-10)72-29-28-71-27-26-70-25-24-67-9)73-54(63)41(7)57(8)53(62)52(61)55(64)40(6)20-22-43(74-55)33-44(35)56-75(12,65)66/h13-16,18,30,36-38,40-44,46-48,50-51,56,60,64H,17,19-29,31-34H2,1-12H3/b15-13-,16-14-,35-18-,39-30-/t36?,37?,38-,40+,41?,42+,43-,44?,46-,47?,48-,50?,51?,55+/m1/s1. The Kier molecular flexibility index (Phi) is 28.4. The number of nitrogens with zero attached hydrogens (tertiary/aromatic N) is 1. The molecule has 1 aliphatic carbocycles. The molecule has 1 saturated heterocycles. The van der Waals surface area contributed by atoms with E-state index >= 15 is 0 Å². The highest BCUT2D eigenvalue weighted by Gasteiger charge is 2.52. The Morgan fingerprint density at radius 3 is 2.15 bits per heavy atom. The molecular formula is C55H90N2O17S. The van der Waals surface area contributed by atoms with Gasteiger partial charge in [0.05, 0.1) is 64.2 Å². The molecule has 75 heavy (non-hydrogen) atoms. The smallest absolute Gasteiger partial charge is 0.328 e. The van der Waals surface area contributed by atoms with Gasteiger partial charge in [0.2, 0.25) is 15.8 Å². The molecule has 14 atom stereocenters. The first-order chi connectivity index (χ1) is 35.4. The van der Waals surface area contributed by atoms with Crippen LogP contribution in [0.5, 0.6) is 0 Å². The van der Waals surface area contributed by atoms with Gasteiger partial charge < -0.3 is 53.0 Å². The quantitative estimate of drug-likeness (QED) is 0.0750. The molecule has 20 heteroatoms. The van der Waals surface area contributed by atoms with Gasteiger partial charge in [0, 0.05) is 58.6 Å². The predicted molar refractivity (Wildman–Crippen MR) is 282 cm³/mol. The minimum Gasteiger partial charge on any atom is -0.460 e. The number of hydrogen-bond acceptors (Lipinski definition) is 17. The summed E-state index contributed by atoms with van der Waals surface area (Å²) in [5.41, 5.74) is 0.957. The summed E-state index contributed by atoms with van der Waals surface area (Å²) in [5, 5.41) is 23.3. The van der Waals surface area contributed by atoms with Crippen LogP contribution < -0.4 is 4.72 Å². The summed E-state index contributed by atoms with van der Waals surface area (Å²) >= 11 is 0. The van der Waals surface area contributed by atoms with E-state index in [1.165, 1.54) is 21.1 Å². The lowest BCUT2D eigenvalue weighted by molar-refractivity contribution is -0.263. The van der Waals surface area contributed by atoms with E-state index in [2.05, 4.69) is 4.72 Å². The number of hydrogen-bond donors (Lipinski definition) is 3. The number of carbonyl (C=O) groups excluding carboxylic acids is 5. The molecular weight excluding hydrogens is 993 g/mol. The molecule has 0 radical (unpaired) electrons. The lowest BCUT2D eigenvalue weighted by Crippen LogP contribution is -2.59. The van der Waals surface area contributed by atoms with Gasteiger partial charge in [0.25, 0.3) is 11.7 Å². The van der Waals surface area contributed by atoms with Crippen LogP contribution in [0.25, 0.3) is 0 Å². The molecule has 2 aliphatic heterocycles. The zero-order chi connectivity index (χ0) is 56.0. The number of ketones is 3. The van der Waals surface area contributed by atoms with E-state index in [0.29, 0.717) is 89.3 Å². The van der Waals surface area contributed by atoms with Crippen LogP contribution in [0, 0.1) is 29.6 Å². The van der Waals surface area contributed by atoms with E-state index in [0.717, 1.165) is 17.6 Å². The number of sulfonamides is 1. The molecule has 3 N–H and O–H groups in total. The third kappa shape index (κ3) is 21.0. The van der Waals surface area contributed by atoms with Gasteiger partial charge >= 0.3 is 5.97 Å². The van der Waals surface area contributed by atoms with Crippen molar-refractivity contribution in [1.82, 2.24) is 9.62 Å². The third-order valence-electron chi connectivity index (χ3n) is 14.9. The maximum atomic E-state index is 14.2. The summed E-state index contributed by atoms with van der Waals surface area (Å²) in [6.07, 6.45) is 10.7. The highest BCUT2D eigenvalue weighted by Crippen LogP contribution is 2.37. The predicted octanol–water partition coefficient (Wildman–Crippen LogP) is 5.01. The van der Waals surface area contributed by atoms with Gasteiger partial charge in [-0.1, -0.05) is 69.7 Å². The van der Waals surface area contributed by atoms with Gasteiger partial charge in [-0.05, 0) is 96.0 Å². The summed E-state index contributed by atoms with van der Waals surface area (Å²) < 4.78 is 73.6. The number of Topliss-reactive ketones (excluding diaryl/α,β-unsaturated/α-hetero) is 3. The molecule has 2 heterocycles. The second-order valence-corrected chi connectivity index (χ2v) is 22.6. The number of likely N-dealkylation sites (N-methyl/N-ethyl adjacent to an activating group) is 1. The number of methoxy groups -OCH3 is 3. The van der Waals surface area contributed by atoms with E-state index in [4.69, 9.17) is 37.9 Å². The fourth-order valence-electron chi connectivity index (χ4n) is 9.78. The van der Waals surface area contributed by atoms with Crippen LogP contribution in [0.3, 0.4) is 0 Å². The van der Waals surface area contributed by atoms with Crippen molar-refractivity contribution < 1.29 is 80.5 Å². The summed E-state index contributed by atoms with van der Waals surface area (Å²) in [6, 6.07) is -2.17. The number of carbonyl (C=O) groups is 5. The van der Waals surface area contributed by atoms with Crippen molar-refractivity contribution in [3.63, 3.8) is 0 Å². The fraction of sp³-hybridized carbons (Fsp3) is 0.764. The molecule has 1 amide bonds. The zero-order valence-corrected chi connectivity index (χ0v) is 47.5. The van der Waals surface area contributed by atoms with Gasteiger partial charge in [-0.3, -0.25) is 19.2 Å². The first-order valence-electron chi connectivity index (χ1n) is 26.5. The highest BCUT2D eigenvalue weighted by atomic mass is 32.2. The summed E-state index contributed by atoms with van der Waals surface area (Å²) in [6.45, 7) is 14.3. The second-order valence-electron chi connectivity index (χ2n) is 20.9. The first kappa shape index (κ1) is 65.7. The number of amides is 1. The van der Waals surface area contributed by atoms with Gasteiger partial charge in [-0.2, -0.15) is 0 Å². The van der Waals surface area contributed by atoms with Crippen molar-refractivity contribution in [1.29, 1.82) is 0 Å². The molecule has 3 aliphatic rings. The lowest BCUT2D eigenvalue weighted by Gasteiger charge is -2.42. The van der Waals surface area contributed by atoms with Crippen LogP contribution >= 0.6 is 0 Å². The number of cyclic esters (lactones) is 1. The van der Waals surface area contributed by atoms with Crippen LogP contribution in [0.2, 0.25) is 0 Å². The second kappa shape index (κ2) is 32.4. The molecule has 0 aromatic carbocycles. The van der Waals surface area contributed by atoms with Crippen LogP contribution in [-0.2, 0) is 71.9 Å². The summed E-state index contributed by atoms with van der Waals surface area (Å²) in [5.74, 6) is -9.02. The average Bonchev–Trinajstić information content (AvgIpc) is 3.36. The van der Waals surface area contributed by atoms with Crippen molar-refractivity contribution in [2.45, 2.75) is 167 Å². The normalized spacial score (nSPS) is 35.0. The number of aliphatic hydroxyl groups excluding tert-OH is 1. The van der Waals surface area contributed by atoms with Crippen molar-refractivity contribution in [3.8, 4) is 0 Å². The molecule has 3 rings (SSSR count). The molecule has 2 fully saturated rings. The Labute approximate surface area is 446 Å². The molecule has 19 nitrogen and oxygen atoms in total. The minimum absolute atomic E-state index is 0.0209. The number of nitrogens with one attached hydrogen (secondary N) is 1. The van der Waals surface area contributed by atoms with Crippen LogP contribution in [0.1, 0.15) is 113 Å². The molecule has 0 spiro atoms. The van der Waals surface area contributed by atoms with Crippen molar-refractivity contribution in [2.24, 2.45) is 29.6 Å². The van der Waals surface area contributed by atoms with Gasteiger partial charge in [0.1, 0.15) is 30.1 Å². The summed E-state index contributed by atoms with van der Waals surface area (Å²) in [7, 11) is 2.09. The molecule has 0 aromatic heterocycles. The Hall–Kier alpha value is -3.54.